The minimum Gasteiger partial charge on any atom is -0.419 e. The number of nitrogens with one attached hydrogen (secondary N) is 1. The maximum Gasteiger partial charge on any atom is 0.238 e. The van der Waals surface area contributed by atoms with Gasteiger partial charge in [-0.25, -0.2) is 8.42 Å². The van der Waals surface area contributed by atoms with Gasteiger partial charge in [-0.15, -0.1) is 0 Å². The standard InChI is InChI=1S/C22H17ClN2O3S/c1-15-7-9-16(10-8-15)20-25-22(21(28-20)24-18-5-3-2-4-6-18)29(26,27)19-13-11-17(23)12-14-19/h2-14,24H,1H3. The Morgan fingerprint density at radius 3 is 2.21 bits per heavy atom. The highest BCUT2D eigenvalue weighted by atomic mass is 35.5. The molecule has 0 fully saturated rings. The zero-order valence-corrected chi connectivity index (χ0v) is 17.0. The molecule has 3 aromatic carbocycles. The van der Waals surface area contributed by atoms with E-state index in [0.717, 1.165) is 5.56 Å². The molecule has 0 saturated heterocycles. The van der Waals surface area contributed by atoms with Crippen molar-refractivity contribution in [1.82, 2.24) is 4.98 Å². The predicted octanol–water partition coefficient (Wildman–Crippen LogP) is 5.88. The lowest BCUT2D eigenvalue weighted by molar-refractivity contribution is 0.582. The summed E-state index contributed by atoms with van der Waals surface area (Å²) in [6.45, 7) is 1.97. The molecule has 1 N–H and O–H groups in total. The molecule has 0 unspecified atom stereocenters. The minimum atomic E-state index is -3.93. The first-order valence-corrected chi connectivity index (χ1v) is 10.7. The lowest BCUT2D eigenvalue weighted by atomic mass is 10.1. The number of hydrogen-bond acceptors (Lipinski definition) is 5. The number of aromatic nitrogens is 1. The highest BCUT2D eigenvalue weighted by molar-refractivity contribution is 7.91. The zero-order valence-electron chi connectivity index (χ0n) is 15.5. The molecule has 1 heterocycles. The van der Waals surface area contributed by atoms with Crippen molar-refractivity contribution in [3.05, 3.63) is 89.4 Å². The van der Waals surface area contributed by atoms with Gasteiger partial charge in [0.2, 0.25) is 26.6 Å². The Hall–Kier alpha value is -3.09. The largest absolute Gasteiger partial charge is 0.419 e. The Morgan fingerprint density at radius 2 is 1.55 bits per heavy atom. The minimum absolute atomic E-state index is 0.0572. The summed E-state index contributed by atoms with van der Waals surface area (Å²) >= 11 is 5.90. The molecule has 0 radical (unpaired) electrons. The second-order valence-corrected chi connectivity index (χ2v) is 8.77. The smallest absolute Gasteiger partial charge is 0.238 e. The summed E-state index contributed by atoms with van der Waals surface area (Å²) in [5.41, 5.74) is 2.45. The molecule has 4 rings (SSSR count). The number of rotatable bonds is 5. The first kappa shape index (κ1) is 19.2. The van der Waals surface area contributed by atoms with E-state index in [1.54, 1.807) is 0 Å². The fraction of sp³-hybridized carbons (Fsp3) is 0.0455. The quantitative estimate of drug-likeness (QED) is 0.433. The van der Waals surface area contributed by atoms with Gasteiger partial charge in [-0.05, 0) is 55.5 Å². The fourth-order valence-corrected chi connectivity index (χ4v) is 4.15. The van der Waals surface area contributed by atoms with Crippen molar-refractivity contribution < 1.29 is 12.8 Å². The predicted molar refractivity (Wildman–Crippen MR) is 113 cm³/mol. The van der Waals surface area contributed by atoms with E-state index in [-0.39, 0.29) is 21.7 Å². The van der Waals surface area contributed by atoms with E-state index in [9.17, 15) is 8.42 Å². The van der Waals surface area contributed by atoms with E-state index in [1.165, 1.54) is 24.3 Å². The van der Waals surface area contributed by atoms with E-state index >= 15 is 0 Å². The van der Waals surface area contributed by atoms with Crippen molar-refractivity contribution in [3.63, 3.8) is 0 Å². The summed E-state index contributed by atoms with van der Waals surface area (Å²) in [4.78, 5) is 4.41. The lowest BCUT2D eigenvalue weighted by Crippen LogP contribution is -2.05. The lowest BCUT2D eigenvalue weighted by Gasteiger charge is -2.06. The molecule has 0 bridgehead atoms. The Bertz CT molecular complexity index is 1230. The van der Waals surface area contributed by atoms with Gasteiger partial charge in [0.25, 0.3) is 0 Å². The molecule has 7 heteroatoms. The number of oxazole rings is 1. The van der Waals surface area contributed by atoms with Crippen molar-refractivity contribution >= 4 is 33.0 Å². The van der Waals surface area contributed by atoms with Gasteiger partial charge < -0.3 is 9.73 Å². The van der Waals surface area contributed by atoms with Crippen LogP contribution in [0.5, 0.6) is 0 Å². The van der Waals surface area contributed by atoms with Gasteiger partial charge in [0, 0.05) is 16.3 Å². The molecule has 4 aromatic rings. The maximum atomic E-state index is 13.2. The molecule has 0 aliphatic heterocycles. The molecular weight excluding hydrogens is 408 g/mol. The number of benzene rings is 3. The third-order valence-corrected chi connectivity index (χ3v) is 6.24. The summed E-state index contributed by atoms with van der Waals surface area (Å²) < 4.78 is 32.3. The van der Waals surface area contributed by atoms with Crippen LogP contribution < -0.4 is 5.32 Å². The second-order valence-electron chi connectivity index (χ2n) is 6.47. The van der Waals surface area contributed by atoms with Gasteiger partial charge in [-0.1, -0.05) is 47.5 Å². The molecule has 0 aliphatic rings. The van der Waals surface area contributed by atoms with Crippen LogP contribution in [0.1, 0.15) is 5.56 Å². The van der Waals surface area contributed by atoms with E-state index in [0.29, 0.717) is 16.3 Å². The summed E-state index contributed by atoms with van der Waals surface area (Å²) in [6.07, 6.45) is 0. The number of halogens is 1. The first-order valence-electron chi connectivity index (χ1n) is 8.84. The van der Waals surface area contributed by atoms with Crippen LogP contribution in [0.2, 0.25) is 5.02 Å². The maximum absolute atomic E-state index is 13.2. The number of sulfone groups is 1. The highest BCUT2D eigenvalue weighted by Crippen LogP contribution is 2.34. The topological polar surface area (TPSA) is 72.2 Å². The van der Waals surface area contributed by atoms with Crippen molar-refractivity contribution in [2.75, 3.05) is 5.32 Å². The van der Waals surface area contributed by atoms with Gasteiger partial charge in [0.15, 0.2) is 0 Å². The van der Waals surface area contributed by atoms with E-state index in [2.05, 4.69) is 10.3 Å². The van der Waals surface area contributed by atoms with Gasteiger partial charge in [-0.2, -0.15) is 4.98 Å². The SMILES string of the molecule is Cc1ccc(-c2nc(S(=O)(=O)c3ccc(Cl)cc3)c(Nc3ccccc3)o2)cc1. The van der Waals surface area contributed by atoms with Crippen molar-refractivity contribution in [1.29, 1.82) is 0 Å². The monoisotopic (exact) mass is 424 g/mol. The third-order valence-electron chi connectivity index (χ3n) is 4.30. The number of para-hydroxylation sites is 1. The molecule has 0 atom stereocenters. The Kier molecular flexibility index (Phi) is 5.13. The van der Waals surface area contributed by atoms with Crippen LogP contribution >= 0.6 is 11.6 Å². The summed E-state index contributed by atoms with van der Waals surface area (Å²) in [5, 5.41) is 3.30. The van der Waals surface area contributed by atoms with Crippen molar-refractivity contribution in [3.8, 4) is 11.5 Å². The van der Waals surface area contributed by atoms with Gasteiger partial charge in [0.1, 0.15) is 0 Å². The van der Waals surface area contributed by atoms with E-state index in [1.807, 2.05) is 61.5 Å². The number of hydrogen-bond donors (Lipinski definition) is 1. The molecule has 1 aromatic heterocycles. The van der Waals surface area contributed by atoms with Crippen LogP contribution in [-0.2, 0) is 9.84 Å². The Balaban J connectivity index is 1.84. The first-order chi connectivity index (χ1) is 13.9. The average molecular weight is 425 g/mol. The molecule has 0 saturated carbocycles. The molecule has 0 amide bonds. The number of aryl methyl sites for hydroxylation is 1. The van der Waals surface area contributed by atoms with E-state index in [4.69, 9.17) is 16.0 Å². The van der Waals surface area contributed by atoms with Crippen LogP contribution in [0.3, 0.4) is 0 Å². The van der Waals surface area contributed by atoms with Gasteiger partial charge >= 0.3 is 0 Å². The number of nitrogens with zero attached hydrogens (tertiary/aromatic N) is 1. The van der Waals surface area contributed by atoms with Crippen LogP contribution in [0, 0.1) is 6.92 Å². The highest BCUT2D eigenvalue weighted by Gasteiger charge is 2.28. The van der Waals surface area contributed by atoms with Gasteiger partial charge in [-0.3, -0.25) is 0 Å². The number of anilines is 2. The summed E-state index contributed by atoms with van der Waals surface area (Å²) in [5.74, 6) is 0.276. The second kappa shape index (κ2) is 7.73. The van der Waals surface area contributed by atoms with Crippen molar-refractivity contribution in [2.24, 2.45) is 0 Å². The Labute approximate surface area is 173 Å². The Morgan fingerprint density at radius 1 is 0.897 bits per heavy atom. The normalized spacial score (nSPS) is 11.4. The molecule has 29 heavy (non-hydrogen) atoms. The third kappa shape index (κ3) is 4.04. The molecule has 146 valence electrons. The van der Waals surface area contributed by atoms with Crippen LogP contribution in [0.15, 0.2) is 93.2 Å². The van der Waals surface area contributed by atoms with Crippen LogP contribution in [0.4, 0.5) is 11.6 Å². The van der Waals surface area contributed by atoms with Crippen molar-refractivity contribution in [2.45, 2.75) is 16.8 Å². The van der Waals surface area contributed by atoms with E-state index < -0.39 is 9.84 Å². The van der Waals surface area contributed by atoms with Crippen LogP contribution in [-0.4, -0.2) is 13.4 Å². The molecule has 5 nitrogen and oxygen atoms in total. The van der Waals surface area contributed by atoms with Crippen LogP contribution in [0.25, 0.3) is 11.5 Å². The zero-order chi connectivity index (χ0) is 20.4. The fourth-order valence-electron chi connectivity index (χ4n) is 2.76. The molecule has 0 spiro atoms. The average Bonchev–Trinajstić information content (AvgIpc) is 3.14. The summed E-state index contributed by atoms with van der Waals surface area (Å²) in [6, 6.07) is 22.6. The van der Waals surface area contributed by atoms with Gasteiger partial charge in [0.05, 0.1) is 4.90 Å². The molecular formula is C22H17ClN2O3S. The summed E-state index contributed by atoms with van der Waals surface area (Å²) in [7, 11) is -3.93. The molecule has 0 aliphatic carbocycles.